The molecule has 4 amide bonds. The molecule has 0 radical (unpaired) electrons. The molecule has 2 aromatic carbocycles. The van der Waals surface area contributed by atoms with Gasteiger partial charge in [-0.3, -0.25) is 14.9 Å². The number of amides is 4. The van der Waals surface area contributed by atoms with Crippen molar-refractivity contribution in [1.29, 1.82) is 5.26 Å². The Bertz CT molecular complexity index is 1050. The van der Waals surface area contributed by atoms with Gasteiger partial charge in [-0.2, -0.15) is 5.26 Å². The molecular formula is C19H11N3O5. The summed E-state index contributed by atoms with van der Waals surface area (Å²) in [6, 6.07) is 12.1. The number of nitriles is 1. The Morgan fingerprint density at radius 1 is 1.04 bits per heavy atom. The van der Waals surface area contributed by atoms with Crippen molar-refractivity contribution in [3.8, 4) is 17.6 Å². The Morgan fingerprint density at radius 2 is 1.78 bits per heavy atom. The lowest BCUT2D eigenvalue weighted by atomic mass is 10.1. The molecule has 0 spiro atoms. The van der Waals surface area contributed by atoms with E-state index < -0.39 is 17.8 Å². The maximum Gasteiger partial charge on any atom is 0.335 e. The molecule has 0 unspecified atom stereocenters. The number of imide groups is 2. The maximum atomic E-state index is 12.8. The van der Waals surface area contributed by atoms with Gasteiger partial charge in [-0.25, -0.2) is 9.69 Å². The van der Waals surface area contributed by atoms with Crippen LogP contribution in [0.3, 0.4) is 0 Å². The molecule has 0 aliphatic carbocycles. The first-order valence-electron chi connectivity index (χ1n) is 7.88. The molecule has 1 N–H and O–H groups in total. The number of hydrogen-bond donors (Lipinski definition) is 1. The van der Waals surface area contributed by atoms with E-state index in [9.17, 15) is 14.4 Å². The number of fused-ring (bicyclic) bond motifs is 1. The third kappa shape index (κ3) is 2.87. The topological polar surface area (TPSA) is 109 Å². The fraction of sp³-hybridized carbons (Fsp3) is 0.0526. The first kappa shape index (κ1) is 16.4. The molecule has 1 fully saturated rings. The Labute approximate surface area is 153 Å². The molecule has 8 nitrogen and oxygen atoms in total. The zero-order valence-electron chi connectivity index (χ0n) is 13.8. The molecule has 0 bridgehead atoms. The zero-order valence-corrected chi connectivity index (χ0v) is 13.8. The van der Waals surface area contributed by atoms with Crippen molar-refractivity contribution in [3.63, 3.8) is 0 Å². The number of rotatable bonds is 2. The standard InChI is InChI=1S/C19H11N3O5/c20-9-12-3-1-11(2-4-12)7-14-17(23)21-19(25)22(18(14)24)13-5-6-15-16(8-13)27-10-26-15/h1-8H,10H2,(H,21,23,25)/b14-7+. The van der Waals surface area contributed by atoms with Crippen molar-refractivity contribution in [2.75, 3.05) is 11.7 Å². The van der Waals surface area contributed by atoms with Crippen LogP contribution in [-0.4, -0.2) is 24.6 Å². The molecule has 132 valence electrons. The number of nitrogens with zero attached hydrogens (tertiary/aromatic N) is 2. The summed E-state index contributed by atoms with van der Waals surface area (Å²) in [7, 11) is 0. The van der Waals surface area contributed by atoms with Gasteiger partial charge in [0.05, 0.1) is 17.3 Å². The second kappa shape index (κ2) is 6.31. The van der Waals surface area contributed by atoms with Crippen LogP contribution in [0.1, 0.15) is 11.1 Å². The van der Waals surface area contributed by atoms with Gasteiger partial charge >= 0.3 is 6.03 Å². The second-order valence-corrected chi connectivity index (χ2v) is 5.73. The SMILES string of the molecule is N#Cc1ccc(/C=C2\C(=O)NC(=O)N(c3ccc4c(c3)OCO4)C2=O)cc1. The van der Waals surface area contributed by atoms with Gasteiger partial charge in [0, 0.05) is 6.07 Å². The summed E-state index contributed by atoms with van der Waals surface area (Å²) < 4.78 is 10.5. The van der Waals surface area contributed by atoms with Crippen LogP contribution in [0.25, 0.3) is 6.08 Å². The maximum absolute atomic E-state index is 12.8. The van der Waals surface area contributed by atoms with Crippen LogP contribution in [0, 0.1) is 11.3 Å². The highest BCUT2D eigenvalue weighted by atomic mass is 16.7. The Kier molecular flexibility index (Phi) is 3.82. The summed E-state index contributed by atoms with van der Waals surface area (Å²) in [6.07, 6.45) is 1.37. The molecule has 4 rings (SSSR count). The minimum absolute atomic E-state index is 0.0568. The summed E-state index contributed by atoms with van der Waals surface area (Å²) in [4.78, 5) is 38.1. The Hall–Kier alpha value is -4.12. The predicted octanol–water partition coefficient (Wildman–Crippen LogP) is 1.95. The molecule has 2 aliphatic rings. The van der Waals surface area contributed by atoms with E-state index in [-0.39, 0.29) is 18.1 Å². The van der Waals surface area contributed by atoms with E-state index in [1.54, 1.807) is 30.3 Å². The lowest BCUT2D eigenvalue weighted by Gasteiger charge is -2.26. The number of carbonyl (C=O) groups is 3. The van der Waals surface area contributed by atoms with E-state index in [2.05, 4.69) is 5.32 Å². The highest BCUT2D eigenvalue weighted by Gasteiger charge is 2.37. The fourth-order valence-corrected chi connectivity index (χ4v) is 2.74. The minimum atomic E-state index is -0.846. The third-order valence-corrected chi connectivity index (χ3v) is 4.07. The smallest absolute Gasteiger partial charge is 0.335 e. The molecule has 0 atom stereocenters. The first-order valence-corrected chi connectivity index (χ1v) is 7.88. The minimum Gasteiger partial charge on any atom is -0.454 e. The van der Waals surface area contributed by atoms with Crippen LogP contribution in [0.15, 0.2) is 48.0 Å². The lowest BCUT2D eigenvalue weighted by Crippen LogP contribution is -2.54. The van der Waals surface area contributed by atoms with Crippen molar-refractivity contribution in [1.82, 2.24) is 5.32 Å². The van der Waals surface area contributed by atoms with E-state index in [1.807, 2.05) is 6.07 Å². The van der Waals surface area contributed by atoms with Gasteiger partial charge in [0.25, 0.3) is 11.8 Å². The third-order valence-electron chi connectivity index (χ3n) is 4.07. The number of ether oxygens (including phenoxy) is 2. The number of hydrogen-bond acceptors (Lipinski definition) is 6. The Balaban J connectivity index is 1.70. The molecular weight excluding hydrogens is 350 g/mol. The van der Waals surface area contributed by atoms with Crippen molar-refractivity contribution >= 4 is 29.6 Å². The van der Waals surface area contributed by atoms with Gasteiger partial charge in [-0.1, -0.05) is 12.1 Å². The molecule has 27 heavy (non-hydrogen) atoms. The number of urea groups is 1. The Morgan fingerprint density at radius 3 is 2.52 bits per heavy atom. The van der Waals surface area contributed by atoms with Gasteiger partial charge in [-0.15, -0.1) is 0 Å². The van der Waals surface area contributed by atoms with Gasteiger partial charge in [0.1, 0.15) is 5.57 Å². The summed E-state index contributed by atoms with van der Waals surface area (Å²) in [5.41, 5.74) is 1.05. The van der Waals surface area contributed by atoms with E-state index >= 15 is 0 Å². The quantitative estimate of drug-likeness (QED) is 0.647. The van der Waals surface area contributed by atoms with Crippen LogP contribution in [0.4, 0.5) is 10.5 Å². The predicted molar refractivity (Wildman–Crippen MR) is 92.7 cm³/mol. The van der Waals surface area contributed by atoms with Gasteiger partial charge in [-0.05, 0) is 35.9 Å². The van der Waals surface area contributed by atoms with Crippen LogP contribution >= 0.6 is 0 Å². The average Bonchev–Trinajstić information content (AvgIpc) is 3.13. The van der Waals surface area contributed by atoms with Gasteiger partial charge in [0.15, 0.2) is 11.5 Å². The molecule has 0 aromatic heterocycles. The average molecular weight is 361 g/mol. The summed E-state index contributed by atoms with van der Waals surface area (Å²) in [5, 5.41) is 11.0. The molecule has 8 heteroatoms. The second-order valence-electron chi connectivity index (χ2n) is 5.73. The van der Waals surface area contributed by atoms with Crippen LogP contribution in [0.2, 0.25) is 0 Å². The number of nitrogens with one attached hydrogen (secondary N) is 1. The first-order chi connectivity index (χ1) is 13.1. The normalized spacial score (nSPS) is 17.1. The molecule has 2 aromatic rings. The highest BCUT2D eigenvalue weighted by Crippen LogP contribution is 2.36. The van der Waals surface area contributed by atoms with E-state index in [0.29, 0.717) is 22.6 Å². The van der Waals surface area contributed by atoms with E-state index in [4.69, 9.17) is 14.7 Å². The van der Waals surface area contributed by atoms with Crippen LogP contribution < -0.4 is 19.7 Å². The molecule has 1 saturated heterocycles. The molecule has 0 saturated carbocycles. The summed E-state index contributed by atoms with van der Waals surface area (Å²) >= 11 is 0. The van der Waals surface area contributed by atoms with Gasteiger partial charge < -0.3 is 9.47 Å². The van der Waals surface area contributed by atoms with E-state index in [1.165, 1.54) is 18.2 Å². The number of benzene rings is 2. The largest absolute Gasteiger partial charge is 0.454 e. The number of anilines is 1. The van der Waals surface area contributed by atoms with Crippen molar-refractivity contribution in [2.45, 2.75) is 0 Å². The zero-order chi connectivity index (χ0) is 19.0. The van der Waals surface area contributed by atoms with Gasteiger partial charge in [0.2, 0.25) is 6.79 Å². The van der Waals surface area contributed by atoms with Crippen LogP contribution in [-0.2, 0) is 9.59 Å². The number of barbiturate groups is 1. The van der Waals surface area contributed by atoms with Crippen molar-refractivity contribution in [2.24, 2.45) is 0 Å². The lowest BCUT2D eigenvalue weighted by molar-refractivity contribution is -0.122. The van der Waals surface area contributed by atoms with Crippen molar-refractivity contribution in [3.05, 3.63) is 59.2 Å². The number of carbonyl (C=O) groups excluding carboxylic acids is 3. The summed E-state index contributed by atoms with van der Waals surface area (Å²) in [6.45, 7) is 0.0568. The fourth-order valence-electron chi connectivity index (χ4n) is 2.74. The monoisotopic (exact) mass is 361 g/mol. The molecule has 2 aliphatic heterocycles. The molecule has 2 heterocycles. The highest BCUT2D eigenvalue weighted by molar-refractivity contribution is 6.39. The summed E-state index contributed by atoms with van der Waals surface area (Å²) in [5.74, 6) is -0.631. The van der Waals surface area contributed by atoms with E-state index in [0.717, 1.165) is 4.90 Å². The van der Waals surface area contributed by atoms with Crippen molar-refractivity contribution < 1.29 is 23.9 Å². The van der Waals surface area contributed by atoms with Crippen LogP contribution in [0.5, 0.6) is 11.5 Å².